The standard InChI is InChI=1S/C16H20O7/c1-3-13(18)23-9-7-10-4-5-12(14(19)20)16(2,15(21)22)11(10)6-8-17/h3-5,12,17H,1,6-9H2,2H3,(H,19,20)(H,21,22). The Hall–Kier alpha value is -2.41. The second-order valence-corrected chi connectivity index (χ2v) is 5.28. The predicted octanol–water partition coefficient (Wildman–Crippen LogP) is 1.15. The van der Waals surface area contributed by atoms with Crippen LogP contribution in [0, 0.1) is 11.3 Å². The van der Waals surface area contributed by atoms with E-state index in [1.165, 1.54) is 19.1 Å². The molecule has 0 saturated carbocycles. The van der Waals surface area contributed by atoms with E-state index < -0.39 is 29.2 Å². The monoisotopic (exact) mass is 324 g/mol. The van der Waals surface area contributed by atoms with E-state index >= 15 is 0 Å². The van der Waals surface area contributed by atoms with Gasteiger partial charge in [0.2, 0.25) is 0 Å². The zero-order chi connectivity index (χ0) is 17.6. The molecule has 1 aliphatic rings. The summed E-state index contributed by atoms with van der Waals surface area (Å²) < 4.78 is 4.87. The van der Waals surface area contributed by atoms with Crippen molar-refractivity contribution in [3.63, 3.8) is 0 Å². The van der Waals surface area contributed by atoms with Gasteiger partial charge >= 0.3 is 17.9 Å². The van der Waals surface area contributed by atoms with Gasteiger partial charge < -0.3 is 20.1 Å². The molecule has 2 atom stereocenters. The lowest BCUT2D eigenvalue weighted by Crippen LogP contribution is -2.43. The van der Waals surface area contributed by atoms with Gasteiger partial charge in [-0.25, -0.2) is 4.79 Å². The van der Waals surface area contributed by atoms with Gasteiger partial charge in [0.05, 0.1) is 12.5 Å². The van der Waals surface area contributed by atoms with Gasteiger partial charge in [-0.1, -0.05) is 18.7 Å². The minimum atomic E-state index is -1.67. The molecule has 1 rings (SSSR count). The molecule has 126 valence electrons. The maximum absolute atomic E-state index is 11.7. The van der Waals surface area contributed by atoms with Crippen LogP contribution in [0.5, 0.6) is 0 Å². The third kappa shape index (κ3) is 3.87. The Labute approximate surface area is 133 Å². The third-order valence-corrected chi connectivity index (χ3v) is 3.98. The number of hydrogen-bond donors (Lipinski definition) is 3. The summed E-state index contributed by atoms with van der Waals surface area (Å²) >= 11 is 0. The van der Waals surface area contributed by atoms with Crippen LogP contribution in [-0.4, -0.2) is 46.4 Å². The van der Waals surface area contributed by atoms with Crippen LogP contribution in [0.3, 0.4) is 0 Å². The Kier molecular flexibility index (Phi) is 6.27. The van der Waals surface area contributed by atoms with Crippen LogP contribution in [0.4, 0.5) is 0 Å². The first-order chi connectivity index (χ1) is 10.8. The summed E-state index contributed by atoms with van der Waals surface area (Å²) in [5, 5.41) is 28.1. The number of carboxylic acid groups (broad SMARTS) is 2. The number of carboxylic acids is 2. The van der Waals surface area contributed by atoms with Crippen molar-refractivity contribution in [3.8, 4) is 0 Å². The van der Waals surface area contributed by atoms with E-state index in [1.54, 1.807) is 0 Å². The molecule has 23 heavy (non-hydrogen) atoms. The highest BCUT2D eigenvalue weighted by Gasteiger charge is 2.49. The molecule has 0 amide bonds. The van der Waals surface area contributed by atoms with Crippen LogP contribution in [0.2, 0.25) is 0 Å². The van der Waals surface area contributed by atoms with Gasteiger partial charge in [-0.2, -0.15) is 0 Å². The van der Waals surface area contributed by atoms with Crippen molar-refractivity contribution in [3.05, 3.63) is 36.0 Å². The molecule has 2 unspecified atom stereocenters. The number of rotatable bonds is 8. The molecule has 0 aromatic carbocycles. The molecule has 0 spiro atoms. The summed E-state index contributed by atoms with van der Waals surface area (Å²) in [5.41, 5.74) is -0.781. The van der Waals surface area contributed by atoms with Gasteiger partial charge in [0.25, 0.3) is 0 Å². The minimum absolute atomic E-state index is 0.00684. The highest BCUT2D eigenvalue weighted by atomic mass is 16.5. The highest BCUT2D eigenvalue weighted by Crippen LogP contribution is 2.44. The molecule has 0 saturated heterocycles. The molecule has 0 radical (unpaired) electrons. The van der Waals surface area contributed by atoms with E-state index in [0.717, 1.165) is 6.08 Å². The number of carbonyl (C=O) groups is 3. The summed E-state index contributed by atoms with van der Waals surface area (Å²) in [6.45, 7) is 4.30. The molecule has 0 aromatic heterocycles. The number of aliphatic carboxylic acids is 2. The largest absolute Gasteiger partial charge is 0.481 e. The van der Waals surface area contributed by atoms with Crippen LogP contribution in [0.25, 0.3) is 0 Å². The van der Waals surface area contributed by atoms with Crippen molar-refractivity contribution < 1.29 is 34.4 Å². The number of aliphatic hydroxyl groups is 1. The predicted molar refractivity (Wildman–Crippen MR) is 80.5 cm³/mol. The van der Waals surface area contributed by atoms with Gasteiger partial charge in [0, 0.05) is 19.1 Å². The first-order valence-electron chi connectivity index (χ1n) is 7.06. The summed E-state index contributed by atoms with van der Waals surface area (Å²) in [7, 11) is 0. The first kappa shape index (κ1) is 18.6. The Morgan fingerprint density at radius 1 is 1.35 bits per heavy atom. The second-order valence-electron chi connectivity index (χ2n) is 5.28. The Morgan fingerprint density at radius 3 is 2.48 bits per heavy atom. The van der Waals surface area contributed by atoms with Crippen molar-refractivity contribution in [2.75, 3.05) is 13.2 Å². The molecule has 0 aliphatic heterocycles. The lowest BCUT2D eigenvalue weighted by atomic mass is 9.65. The fourth-order valence-corrected chi connectivity index (χ4v) is 2.70. The minimum Gasteiger partial charge on any atom is -0.481 e. The number of ether oxygens (including phenoxy) is 1. The van der Waals surface area contributed by atoms with Crippen molar-refractivity contribution in [1.82, 2.24) is 0 Å². The van der Waals surface area contributed by atoms with Crippen molar-refractivity contribution in [2.45, 2.75) is 19.8 Å². The van der Waals surface area contributed by atoms with Crippen LogP contribution < -0.4 is 0 Å². The maximum Gasteiger partial charge on any atom is 0.330 e. The van der Waals surface area contributed by atoms with E-state index in [2.05, 4.69) is 6.58 Å². The molecular formula is C16H20O7. The van der Waals surface area contributed by atoms with Gasteiger partial charge in [-0.3, -0.25) is 9.59 Å². The molecular weight excluding hydrogens is 304 g/mol. The number of allylic oxidation sites excluding steroid dienone is 1. The smallest absolute Gasteiger partial charge is 0.330 e. The van der Waals surface area contributed by atoms with Gasteiger partial charge in [0.1, 0.15) is 5.41 Å². The molecule has 0 bridgehead atoms. The quantitative estimate of drug-likeness (QED) is 0.452. The fourth-order valence-electron chi connectivity index (χ4n) is 2.70. The molecule has 0 fully saturated rings. The van der Waals surface area contributed by atoms with E-state index in [1.807, 2.05) is 0 Å². The zero-order valence-corrected chi connectivity index (χ0v) is 12.8. The summed E-state index contributed by atoms with van der Waals surface area (Å²) in [6.07, 6.45) is 4.11. The summed E-state index contributed by atoms with van der Waals surface area (Å²) in [6, 6.07) is 0. The summed E-state index contributed by atoms with van der Waals surface area (Å²) in [5.74, 6) is -4.36. The van der Waals surface area contributed by atoms with E-state index in [4.69, 9.17) is 4.74 Å². The van der Waals surface area contributed by atoms with Gasteiger partial charge in [-0.15, -0.1) is 0 Å². The van der Waals surface area contributed by atoms with Crippen LogP contribution >= 0.6 is 0 Å². The Balaban J connectivity index is 3.17. The Bertz CT molecular complexity index is 573. The normalized spacial score (nSPS) is 23.5. The highest BCUT2D eigenvalue weighted by molar-refractivity contribution is 5.88. The van der Waals surface area contributed by atoms with Crippen molar-refractivity contribution in [2.24, 2.45) is 11.3 Å². The van der Waals surface area contributed by atoms with Crippen LogP contribution in [0.15, 0.2) is 36.0 Å². The number of esters is 1. The average Bonchev–Trinajstić information content (AvgIpc) is 2.49. The molecule has 1 aliphatic carbocycles. The number of aliphatic hydroxyl groups excluding tert-OH is 1. The van der Waals surface area contributed by atoms with Crippen LogP contribution in [-0.2, 0) is 19.1 Å². The molecule has 3 N–H and O–H groups in total. The topological polar surface area (TPSA) is 121 Å². The van der Waals surface area contributed by atoms with Gasteiger partial charge in [0.15, 0.2) is 0 Å². The lowest BCUT2D eigenvalue weighted by molar-refractivity contribution is -0.156. The van der Waals surface area contributed by atoms with E-state index in [-0.39, 0.29) is 26.1 Å². The van der Waals surface area contributed by atoms with Crippen LogP contribution in [0.1, 0.15) is 19.8 Å². The zero-order valence-electron chi connectivity index (χ0n) is 12.8. The summed E-state index contributed by atoms with van der Waals surface area (Å²) in [4.78, 5) is 34.2. The number of carbonyl (C=O) groups excluding carboxylic acids is 1. The van der Waals surface area contributed by atoms with E-state index in [9.17, 15) is 29.7 Å². The lowest BCUT2D eigenvalue weighted by Gasteiger charge is -2.36. The molecule has 0 heterocycles. The fraction of sp³-hybridized carbons (Fsp3) is 0.438. The second kappa shape index (κ2) is 7.73. The van der Waals surface area contributed by atoms with E-state index in [0.29, 0.717) is 11.1 Å². The van der Waals surface area contributed by atoms with Gasteiger partial charge in [-0.05, 0) is 24.5 Å². The average molecular weight is 324 g/mol. The molecule has 7 heteroatoms. The molecule has 0 aromatic rings. The SMILES string of the molecule is C=CC(=O)OCCC1=C(CCO)C(C)(C(=O)O)C(C(=O)O)C=C1. The first-order valence-corrected chi connectivity index (χ1v) is 7.06. The maximum atomic E-state index is 11.7. The molecule has 7 nitrogen and oxygen atoms in total. The van der Waals surface area contributed by atoms with Crippen molar-refractivity contribution in [1.29, 1.82) is 0 Å². The number of hydrogen-bond acceptors (Lipinski definition) is 5. The Morgan fingerprint density at radius 2 is 2.00 bits per heavy atom. The third-order valence-electron chi connectivity index (χ3n) is 3.98. The van der Waals surface area contributed by atoms with Crippen molar-refractivity contribution >= 4 is 17.9 Å².